The van der Waals surface area contributed by atoms with Gasteiger partial charge in [0.05, 0.1) is 6.07 Å². The molecular formula is C19H17N7. The van der Waals surface area contributed by atoms with Gasteiger partial charge in [-0.05, 0) is 31.4 Å². The minimum atomic E-state index is -0.580. The Hall–Kier alpha value is -3.53. The zero-order valence-electron chi connectivity index (χ0n) is 14.1. The monoisotopic (exact) mass is 343 g/mol. The highest BCUT2D eigenvalue weighted by atomic mass is 15.2. The second kappa shape index (κ2) is 6.76. The molecule has 7 nitrogen and oxygen atoms in total. The number of nitrogens with one attached hydrogen (secondary N) is 2. The van der Waals surface area contributed by atoms with E-state index in [9.17, 15) is 5.26 Å². The van der Waals surface area contributed by atoms with E-state index in [-0.39, 0.29) is 0 Å². The van der Waals surface area contributed by atoms with Crippen LogP contribution in [-0.2, 0) is 0 Å². The van der Waals surface area contributed by atoms with Crippen LogP contribution in [0.3, 0.4) is 0 Å². The molecule has 0 saturated heterocycles. The van der Waals surface area contributed by atoms with Gasteiger partial charge in [0.25, 0.3) is 0 Å². The van der Waals surface area contributed by atoms with Crippen LogP contribution in [0.5, 0.6) is 0 Å². The molecule has 2 heterocycles. The van der Waals surface area contributed by atoms with E-state index in [1.54, 1.807) is 12.4 Å². The van der Waals surface area contributed by atoms with Crippen molar-refractivity contribution in [2.45, 2.75) is 24.8 Å². The lowest BCUT2D eigenvalue weighted by molar-refractivity contribution is 0.354. The first-order valence-corrected chi connectivity index (χ1v) is 8.44. The molecule has 1 fully saturated rings. The van der Waals surface area contributed by atoms with E-state index in [1.165, 1.54) is 0 Å². The SMILES string of the molecule is N#CC1(Nc2nc(Nc3ccncc3)nc(-c3ccccc3)n2)CCC1. The molecular weight excluding hydrogens is 326 g/mol. The first-order valence-electron chi connectivity index (χ1n) is 8.44. The van der Waals surface area contributed by atoms with E-state index in [0.29, 0.717) is 17.7 Å². The van der Waals surface area contributed by atoms with Crippen molar-refractivity contribution < 1.29 is 0 Å². The van der Waals surface area contributed by atoms with Crippen molar-refractivity contribution >= 4 is 17.6 Å². The fourth-order valence-corrected chi connectivity index (χ4v) is 2.78. The average Bonchev–Trinajstić information content (AvgIpc) is 2.66. The molecule has 4 rings (SSSR count). The Morgan fingerprint density at radius 3 is 2.31 bits per heavy atom. The predicted molar refractivity (Wildman–Crippen MR) is 98.6 cm³/mol. The van der Waals surface area contributed by atoms with E-state index < -0.39 is 5.54 Å². The molecule has 0 atom stereocenters. The van der Waals surface area contributed by atoms with Crippen LogP contribution in [0.25, 0.3) is 11.4 Å². The normalized spacial score (nSPS) is 14.7. The molecule has 0 amide bonds. The van der Waals surface area contributed by atoms with Crippen molar-refractivity contribution in [2.24, 2.45) is 0 Å². The first-order chi connectivity index (χ1) is 12.8. The molecule has 2 aromatic heterocycles. The number of hydrogen-bond acceptors (Lipinski definition) is 7. The first kappa shape index (κ1) is 16.0. The molecule has 0 unspecified atom stereocenters. The van der Waals surface area contributed by atoms with Crippen LogP contribution in [0.15, 0.2) is 54.9 Å². The Bertz CT molecular complexity index is 931. The highest BCUT2D eigenvalue weighted by molar-refractivity contribution is 5.61. The minimum Gasteiger partial charge on any atom is -0.336 e. The fraction of sp³-hybridized carbons (Fsp3) is 0.211. The van der Waals surface area contributed by atoms with E-state index in [1.807, 2.05) is 42.5 Å². The van der Waals surface area contributed by atoms with Gasteiger partial charge < -0.3 is 10.6 Å². The largest absolute Gasteiger partial charge is 0.336 e. The Morgan fingerprint density at radius 1 is 0.923 bits per heavy atom. The Morgan fingerprint density at radius 2 is 1.65 bits per heavy atom. The lowest BCUT2D eigenvalue weighted by atomic mass is 9.78. The summed E-state index contributed by atoms with van der Waals surface area (Å²) in [7, 11) is 0. The Balaban J connectivity index is 1.71. The fourth-order valence-electron chi connectivity index (χ4n) is 2.78. The summed E-state index contributed by atoms with van der Waals surface area (Å²) in [4.78, 5) is 17.5. The van der Waals surface area contributed by atoms with Crippen molar-refractivity contribution in [3.8, 4) is 17.5 Å². The molecule has 7 heteroatoms. The van der Waals surface area contributed by atoms with Crippen LogP contribution in [-0.4, -0.2) is 25.5 Å². The molecule has 3 aromatic rings. The zero-order valence-corrected chi connectivity index (χ0v) is 14.1. The van der Waals surface area contributed by atoms with Gasteiger partial charge in [0.15, 0.2) is 5.82 Å². The summed E-state index contributed by atoms with van der Waals surface area (Å²) in [5.74, 6) is 1.36. The van der Waals surface area contributed by atoms with E-state index in [4.69, 9.17) is 0 Å². The molecule has 1 aliphatic carbocycles. The quantitative estimate of drug-likeness (QED) is 0.731. The molecule has 2 N–H and O–H groups in total. The third-order valence-corrected chi connectivity index (χ3v) is 4.38. The van der Waals surface area contributed by atoms with Gasteiger partial charge in [0, 0.05) is 23.6 Å². The van der Waals surface area contributed by atoms with Gasteiger partial charge in [0.1, 0.15) is 5.54 Å². The maximum atomic E-state index is 9.48. The molecule has 1 saturated carbocycles. The number of nitriles is 1. The van der Waals surface area contributed by atoms with Gasteiger partial charge in [-0.3, -0.25) is 4.98 Å². The lowest BCUT2D eigenvalue weighted by Crippen LogP contribution is -2.44. The molecule has 26 heavy (non-hydrogen) atoms. The van der Waals surface area contributed by atoms with Crippen LogP contribution in [0, 0.1) is 11.3 Å². The van der Waals surface area contributed by atoms with Crippen LogP contribution >= 0.6 is 0 Å². The summed E-state index contributed by atoms with van der Waals surface area (Å²) in [5, 5.41) is 15.9. The van der Waals surface area contributed by atoms with Crippen molar-refractivity contribution in [1.82, 2.24) is 19.9 Å². The van der Waals surface area contributed by atoms with Crippen LogP contribution in [0.1, 0.15) is 19.3 Å². The summed E-state index contributed by atoms with van der Waals surface area (Å²) in [6, 6.07) is 15.7. The molecule has 128 valence electrons. The molecule has 1 aromatic carbocycles. The molecule has 0 bridgehead atoms. The number of hydrogen-bond donors (Lipinski definition) is 2. The highest BCUT2D eigenvalue weighted by Crippen LogP contribution is 2.34. The second-order valence-electron chi connectivity index (χ2n) is 6.21. The average molecular weight is 343 g/mol. The number of aromatic nitrogens is 4. The van der Waals surface area contributed by atoms with Gasteiger partial charge in [0.2, 0.25) is 11.9 Å². The highest BCUT2D eigenvalue weighted by Gasteiger charge is 2.38. The van der Waals surface area contributed by atoms with Crippen molar-refractivity contribution in [3.63, 3.8) is 0 Å². The van der Waals surface area contributed by atoms with Crippen molar-refractivity contribution in [1.29, 1.82) is 5.26 Å². The lowest BCUT2D eigenvalue weighted by Gasteiger charge is -2.35. The number of pyridine rings is 1. The van der Waals surface area contributed by atoms with Gasteiger partial charge >= 0.3 is 0 Å². The number of rotatable bonds is 5. The topological polar surface area (TPSA) is 99.4 Å². The van der Waals surface area contributed by atoms with Gasteiger partial charge in [-0.15, -0.1) is 0 Å². The van der Waals surface area contributed by atoms with Crippen LogP contribution in [0.2, 0.25) is 0 Å². The molecule has 0 spiro atoms. The summed E-state index contributed by atoms with van der Waals surface area (Å²) < 4.78 is 0. The van der Waals surface area contributed by atoms with E-state index in [0.717, 1.165) is 30.5 Å². The third kappa shape index (κ3) is 3.30. The van der Waals surface area contributed by atoms with Crippen molar-refractivity contribution in [2.75, 3.05) is 10.6 Å². The van der Waals surface area contributed by atoms with Gasteiger partial charge in [-0.2, -0.15) is 20.2 Å². The Kier molecular flexibility index (Phi) is 4.15. The number of nitrogens with zero attached hydrogens (tertiary/aromatic N) is 5. The second-order valence-corrected chi connectivity index (χ2v) is 6.21. The van der Waals surface area contributed by atoms with E-state index >= 15 is 0 Å². The van der Waals surface area contributed by atoms with Crippen LogP contribution < -0.4 is 10.6 Å². The smallest absolute Gasteiger partial charge is 0.232 e. The number of anilines is 3. The summed E-state index contributed by atoms with van der Waals surface area (Å²) in [5.41, 5.74) is 1.13. The minimum absolute atomic E-state index is 0.400. The third-order valence-electron chi connectivity index (χ3n) is 4.38. The van der Waals surface area contributed by atoms with Gasteiger partial charge in [-0.25, -0.2) is 0 Å². The number of benzene rings is 1. The molecule has 0 radical (unpaired) electrons. The summed E-state index contributed by atoms with van der Waals surface area (Å²) in [6.07, 6.45) is 6.00. The molecule has 0 aliphatic heterocycles. The maximum Gasteiger partial charge on any atom is 0.232 e. The zero-order chi connectivity index (χ0) is 17.8. The van der Waals surface area contributed by atoms with Crippen molar-refractivity contribution in [3.05, 3.63) is 54.9 Å². The summed E-state index contributed by atoms with van der Waals surface area (Å²) >= 11 is 0. The maximum absolute atomic E-state index is 9.48. The van der Waals surface area contributed by atoms with Gasteiger partial charge in [-0.1, -0.05) is 30.3 Å². The standard InChI is InChI=1S/C19H17N7/c20-13-19(9-4-10-19)26-18-24-16(14-5-2-1-3-6-14)23-17(25-18)22-15-7-11-21-12-8-15/h1-3,5-8,11-12H,4,9-10H2,(H2,21,22,23,24,25,26). The predicted octanol–water partition coefficient (Wildman–Crippen LogP) is 3.54. The molecule has 1 aliphatic rings. The summed E-state index contributed by atoms with van der Waals surface area (Å²) in [6.45, 7) is 0. The Labute approximate surface area is 151 Å². The van der Waals surface area contributed by atoms with Crippen LogP contribution in [0.4, 0.5) is 17.6 Å². The van der Waals surface area contributed by atoms with E-state index in [2.05, 4.69) is 36.6 Å².